The number of benzene rings is 3. The van der Waals surface area contributed by atoms with Crippen LogP contribution >= 0.6 is 27.5 Å². The van der Waals surface area contributed by atoms with Gasteiger partial charge in [0.05, 0.1) is 22.2 Å². The number of carbonyl (C=O) groups is 1. The van der Waals surface area contributed by atoms with E-state index in [4.69, 9.17) is 26.2 Å². The first-order valence-corrected chi connectivity index (χ1v) is 12.5. The molecule has 0 unspecified atom stereocenters. The Morgan fingerprint density at radius 1 is 1.14 bits per heavy atom. The molecular weight excluding hydrogens is 554 g/mol. The van der Waals surface area contributed by atoms with Crippen molar-refractivity contribution in [3.8, 4) is 5.75 Å². The normalized spacial score (nSPS) is 21.7. The Hall–Kier alpha value is -2.74. The van der Waals surface area contributed by atoms with Crippen LogP contribution in [0.4, 0.5) is 8.78 Å². The molecule has 1 aliphatic rings. The van der Waals surface area contributed by atoms with E-state index in [0.717, 1.165) is 16.7 Å². The minimum absolute atomic E-state index is 0.0627. The van der Waals surface area contributed by atoms with E-state index in [9.17, 15) is 9.18 Å². The van der Waals surface area contributed by atoms with Crippen LogP contribution in [-0.2, 0) is 9.53 Å². The summed E-state index contributed by atoms with van der Waals surface area (Å²) in [5.74, 6) is -2.62. The van der Waals surface area contributed by atoms with Gasteiger partial charge < -0.3 is 14.6 Å². The molecule has 3 aromatic carbocycles. The molecule has 188 valence electrons. The molecule has 0 aromatic heterocycles. The Kier molecular flexibility index (Phi) is 8.13. The number of hydrogen-bond donors (Lipinski definition) is 1. The molecular formula is C28H24BrClF2O4. The summed E-state index contributed by atoms with van der Waals surface area (Å²) in [5, 5.41) is 9.72. The highest BCUT2D eigenvalue weighted by Crippen LogP contribution is 2.54. The third kappa shape index (κ3) is 5.64. The topological polar surface area (TPSA) is 55.8 Å². The highest BCUT2D eigenvalue weighted by molar-refractivity contribution is 9.10. The van der Waals surface area contributed by atoms with E-state index in [0.29, 0.717) is 15.9 Å². The Morgan fingerprint density at radius 2 is 1.86 bits per heavy atom. The second-order valence-electron chi connectivity index (χ2n) is 8.83. The van der Waals surface area contributed by atoms with Crippen LogP contribution in [0.2, 0.25) is 5.02 Å². The molecule has 1 aliphatic heterocycles. The van der Waals surface area contributed by atoms with Crippen LogP contribution in [0.25, 0.3) is 0 Å². The number of hydrogen-bond acceptors (Lipinski definition) is 3. The molecule has 0 spiro atoms. The predicted molar refractivity (Wildman–Crippen MR) is 137 cm³/mol. The van der Waals surface area contributed by atoms with Crippen LogP contribution < -0.4 is 4.74 Å². The summed E-state index contributed by atoms with van der Waals surface area (Å²) >= 11 is 9.65. The third-order valence-electron chi connectivity index (χ3n) is 6.36. The molecule has 4 nitrogen and oxygen atoms in total. The smallest absolute Gasteiger partial charge is 0.341 e. The first-order chi connectivity index (χ1) is 17.2. The molecule has 0 aliphatic carbocycles. The van der Waals surface area contributed by atoms with Crippen LogP contribution in [0.15, 0.2) is 77.3 Å². The van der Waals surface area contributed by atoms with Crippen molar-refractivity contribution < 1.29 is 28.2 Å². The van der Waals surface area contributed by atoms with E-state index in [1.807, 2.05) is 25.1 Å². The summed E-state index contributed by atoms with van der Waals surface area (Å²) < 4.78 is 41.7. The highest BCUT2D eigenvalue weighted by Gasteiger charge is 2.43. The number of carboxylic acids is 1. The van der Waals surface area contributed by atoms with Gasteiger partial charge in [-0.2, -0.15) is 0 Å². The quantitative estimate of drug-likeness (QED) is 0.289. The van der Waals surface area contributed by atoms with Crippen molar-refractivity contribution >= 4 is 33.5 Å². The maximum absolute atomic E-state index is 15.4. The summed E-state index contributed by atoms with van der Waals surface area (Å²) in [6.45, 7) is 5.34. The van der Waals surface area contributed by atoms with Gasteiger partial charge in [-0.25, -0.2) is 13.6 Å². The van der Waals surface area contributed by atoms with E-state index >= 15 is 4.39 Å². The van der Waals surface area contributed by atoms with Crippen LogP contribution in [0, 0.1) is 17.6 Å². The molecule has 1 heterocycles. The fourth-order valence-electron chi connectivity index (χ4n) is 4.70. The van der Waals surface area contributed by atoms with Gasteiger partial charge in [0.2, 0.25) is 0 Å². The molecule has 4 rings (SSSR count). The maximum Gasteiger partial charge on any atom is 0.341 e. The van der Waals surface area contributed by atoms with Crippen LogP contribution in [0.3, 0.4) is 0 Å². The molecule has 1 N–H and O–H groups in total. The number of ether oxygens (including phenoxy) is 2. The van der Waals surface area contributed by atoms with Gasteiger partial charge in [0.15, 0.2) is 6.61 Å². The Bertz CT molecular complexity index is 1280. The predicted octanol–water partition coefficient (Wildman–Crippen LogP) is 8.02. The van der Waals surface area contributed by atoms with Crippen molar-refractivity contribution in [1.29, 1.82) is 0 Å². The second kappa shape index (κ2) is 11.1. The monoisotopic (exact) mass is 576 g/mol. The first-order valence-electron chi connectivity index (χ1n) is 11.3. The van der Waals surface area contributed by atoms with E-state index in [1.165, 1.54) is 24.3 Å². The van der Waals surface area contributed by atoms with Crippen molar-refractivity contribution in [3.05, 3.63) is 111 Å². The van der Waals surface area contributed by atoms with Crippen molar-refractivity contribution in [2.75, 3.05) is 6.61 Å². The lowest BCUT2D eigenvalue weighted by atomic mass is 9.74. The van der Waals surface area contributed by atoms with Gasteiger partial charge in [-0.3, -0.25) is 0 Å². The standard InChI is InChI=1S/C28H24BrClF2O4/c1-15(2)20-13-21(17-4-3-5-18(30)12-17)26(16-6-8-19(31)9-7-16)36-27(20)25-23(32)11-10-22(29)28(25)35-14-24(33)34/h3-12,20-21,26-27H,1,13-14H2,2H3,(H,33,34)/t20-,21-,26+,27+/m1/s1. The largest absolute Gasteiger partial charge is 0.480 e. The van der Waals surface area contributed by atoms with Crippen molar-refractivity contribution in [2.45, 2.75) is 31.5 Å². The van der Waals surface area contributed by atoms with Gasteiger partial charge in [-0.1, -0.05) is 48.0 Å². The number of aliphatic carboxylic acids is 1. The summed E-state index contributed by atoms with van der Waals surface area (Å²) in [7, 11) is 0. The van der Waals surface area contributed by atoms with Crippen molar-refractivity contribution in [2.24, 2.45) is 5.92 Å². The van der Waals surface area contributed by atoms with Crippen molar-refractivity contribution in [3.63, 3.8) is 0 Å². The van der Waals surface area contributed by atoms with Gasteiger partial charge >= 0.3 is 5.97 Å². The molecule has 4 atom stereocenters. The Morgan fingerprint density at radius 3 is 2.50 bits per heavy atom. The fourth-order valence-corrected chi connectivity index (χ4v) is 5.36. The summed E-state index contributed by atoms with van der Waals surface area (Å²) in [4.78, 5) is 11.2. The van der Waals surface area contributed by atoms with E-state index in [2.05, 4.69) is 22.5 Å². The molecule has 36 heavy (non-hydrogen) atoms. The van der Waals surface area contributed by atoms with Crippen LogP contribution in [0.5, 0.6) is 5.75 Å². The molecule has 3 aromatic rings. The zero-order chi connectivity index (χ0) is 26.0. The minimum Gasteiger partial charge on any atom is -0.480 e. The van der Waals surface area contributed by atoms with Crippen molar-refractivity contribution in [1.82, 2.24) is 0 Å². The second-order valence-corrected chi connectivity index (χ2v) is 10.1. The summed E-state index contributed by atoms with van der Waals surface area (Å²) in [6, 6.07) is 16.2. The summed E-state index contributed by atoms with van der Waals surface area (Å²) in [6.07, 6.45) is -0.878. The number of halogens is 4. The molecule has 1 saturated heterocycles. The lowest BCUT2D eigenvalue weighted by Gasteiger charge is -2.43. The highest BCUT2D eigenvalue weighted by atomic mass is 79.9. The zero-order valence-electron chi connectivity index (χ0n) is 19.4. The Balaban J connectivity index is 1.85. The number of carboxylic acid groups (broad SMARTS) is 1. The summed E-state index contributed by atoms with van der Waals surface area (Å²) in [5.41, 5.74) is 2.52. The van der Waals surface area contributed by atoms with E-state index in [-0.39, 0.29) is 29.0 Å². The SMILES string of the molecule is C=C(C)[C@H]1C[C@H](c2cccc(Cl)c2)[C@H](c2ccc(F)cc2)O[C@@H]1c1c(F)ccc(Br)c1OCC(=O)O. The van der Waals surface area contributed by atoms with Crippen LogP contribution in [0.1, 0.15) is 48.2 Å². The van der Waals surface area contributed by atoms with E-state index < -0.39 is 30.6 Å². The minimum atomic E-state index is -1.19. The molecule has 8 heteroatoms. The van der Waals surface area contributed by atoms with Gasteiger partial charge in [0.25, 0.3) is 0 Å². The number of rotatable bonds is 7. The third-order valence-corrected chi connectivity index (χ3v) is 7.22. The lowest BCUT2D eigenvalue weighted by molar-refractivity contribution is -0.139. The average molecular weight is 578 g/mol. The van der Waals surface area contributed by atoms with Gasteiger partial charge in [0, 0.05) is 16.9 Å². The molecule has 0 saturated carbocycles. The van der Waals surface area contributed by atoms with E-state index in [1.54, 1.807) is 18.2 Å². The fraction of sp³-hybridized carbons (Fsp3) is 0.250. The maximum atomic E-state index is 15.4. The molecule has 1 fully saturated rings. The first kappa shape index (κ1) is 26.3. The molecule has 0 bridgehead atoms. The van der Waals surface area contributed by atoms with Gasteiger partial charge in [-0.15, -0.1) is 0 Å². The van der Waals surface area contributed by atoms with Gasteiger partial charge in [-0.05, 0) is 76.8 Å². The average Bonchev–Trinajstić information content (AvgIpc) is 2.84. The molecule has 0 radical (unpaired) electrons. The van der Waals surface area contributed by atoms with Gasteiger partial charge in [0.1, 0.15) is 17.4 Å². The van der Waals surface area contributed by atoms with Crippen LogP contribution in [-0.4, -0.2) is 17.7 Å². The lowest BCUT2D eigenvalue weighted by Crippen LogP contribution is -2.32. The Labute approximate surface area is 221 Å². The molecule has 0 amide bonds. The zero-order valence-corrected chi connectivity index (χ0v) is 21.7.